The van der Waals surface area contributed by atoms with Crippen LogP contribution < -0.4 is 15.1 Å². The first-order chi connectivity index (χ1) is 17.1. The summed E-state index contributed by atoms with van der Waals surface area (Å²) in [5, 5.41) is 14.9. The number of aliphatic hydroxyl groups excluding tert-OH is 1. The highest BCUT2D eigenvalue weighted by molar-refractivity contribution is 5.96. The smallest absolute Gasteiger partial charge is 0.244 e. The van der Waals surface area contributed by atoms with Crippen LogP contribution in [0.4, 0.5) is 36.6 Å². The van der Waals surface area contributed by atoms with Crippen molar-refractivity contribution < 1.29 is 18.3 Å². The Kier molecular flexibility index (Phi) is 6.36. The zero-order valence-electron chi connectivity index (χ0n) is 20.5. The van der Waals surface area contributed by atoms with Gasteiger partial charge in [-0.15, -0.1) is 0 Å². The van der Waals surface area contributed by atoms with Crippen LogP contribution in [-0.4, -0.2) is 69.4 Å². The maximum atomic E-state index is 14.7. The first-order valence-corrected chi connectivity index (χ1v) is 12.2. The summed E-state index contributed by atoms with van der Waals surface area (Å²) in [5.41, 5.74) is -0.710. The Morgan fingerprint density at radius 2 is 1.86 bits per heavy atom. The van der Waals surface area contributed by atoms with E-state index in [4.69, 9.17) is 0 Å². The van der Waals surface area contributed by atoms with Crippen LogP contribution in [-0.2, 0) is 0 Å². The van der Waals surface area contributed by atoms with Gasteiger partial charge < -0.3 is 20.2 Å². The number of aromatic nitrogens is 4. The van der Waals surface area contributed by atoms with E-state index in [9.17, 15) is 18.3 Å². The number of nitrogens with zero attached hydrogens (tertiary/aromatic N) is 6. The number of hydrogen-bond acceptors (Lipinski definition) is 8. The van der Waals surface area contributed by atoms with E-state index in [0.29, 0.717) is 36.4 Å². The quantitative estimate of drug-likeness (QED) is 0.517. The number of alkyl halides is 3. The Labute approximate surface area is 207 Å². The maximum absolute atomic E-state index is 14.7. The predicted octanol–water partition coefficient (Wildman–Crippen LogP) is 4.29. The minimum absolute atomic E-state index is 0.00227. The zero-order valence-corrected chi connectivity index (χ0v) is 20.5. The van der Waals surface area contributed by atoms with Crippen molar-refractivity contribution in [1.82, 2.24) is 19.9 Å². The summed E-state index contributed by atoms with van der Waals surface area (Å²) in [6.45, 7) is 6.53. The molecule has 0 saturated carbocycles. The molecule has 2 N–H and O–H groups in total. The molecule has 0 spiro atoms. The molecule has 0 amide bonds. The van der Waals surface area contributed by atoms with Gasteiger partial charge in [0.15, 0.2) is 5.67 Å². The Hall–Kier alpha value is -3.21. The van der Waals surface area contributed by atoms with Crippen LogP contribution in [0.1, 0.15) is 38.7 Å². The van der Waals surface area contributed by atoms with Gasteiger partial charge in [0.1, 0.15) is 17.5 Å². The number of pyridine rings is 2. The molecule has 2 fully saturated rings. The van der Waals surface area contributed by atoms with Gasteiger partial charge in [0, 0.05) is 43.6 Å². The van der Waals surface area contributed by atoms with Gasteiger partial charge in [-0.3, -0.25) is 0 Å². The number of rotatable bonds is 6. The molecule has 2 aliphatic rings. The van der Waals surface area contributed by atoms with Crippen LogP contribution in [0.5, 0.6) is 0 Å². The molecule has 0 radical (unpaired) electrons. The number of hydrogen-bond donors (Lipinski definition) is 2. The summed E-state index contributed by atoms with van der Waals surface area (Å²) in [5.74, 6) is 1.66. The molecule has 3 aromatic rings. The highest BCUT2D eigenvalue weighted by atomic mass is 19.3. The molecule has 0 aliphatic carbocycles. The Morgan fingerprint density at radius 3 is 2.56 bits per heavy atom. The van der Waals surface area contributed by atoms with Crippen LogP contribution in [0.25, 0.3) is 10.8 Å². The summed E-state index contributed by atoms with van der Waals surface area (Å²) in [7, 11) is 0. The van der Waals surface area contributed by atoms with E-state index in [1.165, 1.54) is 6.92 Å². The van der Waals surface area contributed by atoms with E-state index >= 15 is 0 Å². The Balaban J connectivity index is 1.41. The molecular weight excluding hydrogens is 471 g/mol. The van der Waals surface area contributed by atoms with Gasteiger partial charge in [-0.25, -0.2) is 28.1 Å². The highest BCUT2D eigenvalue weighted by Gasteiger charge is 2.40. The third kappa shape index (κ3) is 4.63. The van der Waals surface area contributed by atoms with E-state index in [-0.39, 0.29) is 25.6 Å². The largest absolute Gasteiger partial charge is 0.390 e. The normalized spacial score (nSPS) is 23.0. The monoisotopic (exact) mass is 501 g/mol. The van der Waals surface area contributed by atoms with Crippen molar-refractivity contribution in [3.05, 3.63) is 36.3 Å². The van der Waals surface area contributed by atoms with Crippen LogP contribution in [0.3, 0.4) is 0 Å². The number of nitrogens with one attached hydrogen (secondary N) is 1. The number of aliphatic hydroxyl groups is 1. The maximum Gasteiger partial charge on any atom is 0.244 e. The lowest BCUT2D eigenvalue weighted by Crippen LogP contribution is -2.52. The molecule has 36 heavy (non-hydrogen) atoms. The van der Waals surface area contributed by atoms with Gasteiger partial charge >= 0.3 is 0 Å². The average Bonchev–Trinajstić information content (AvgIpc) is 2.79. The molecular formula is C25H30F3N7O. The van der Waals surface area contributed by atoms with Gasteiger partial charge in [0.05, 0.1) is 18.6 Å². The zero-order chi connectivity index (χ0) is 25.6. The molecule has 5 heterocycles. The van der Waals surface area contributed by atoms with Crippen molar-refractivity contribution in [1.29, 1.82) is 0 Å². The van der Waals surface area contributed by atoms with Crippen LogP contribution in [0.15, 0.2) is 30.7 Å². The highest BCUT2D eigenvalue weighted by Crippen LogP contribution is 2.36. The molecule has 0 unspecified atom stereocenters. The first-order valence-electron chi connectivity index (χ1n) is 12.2. The van der Waals surface area contributed by atoms with Crippen molar-refractivity contribution in [2.75, 3.05) is 41.3 Å². The molecule has 5 rings (SSSR count). The van der Waals surface area contributed by atoms with E-state index in [1.807, 2.05) is 17.2 Å². The fraction of sp³-hybridized carbons (Fsp3) is 0.520. The number of anilines is 4. The minimum atomic E-state index is -2.33. The van der Waals surface area contributed by atoms with E-state index in [1.54, 1.807) is 23.4 Å². The molecule has 8 nitrogen and oxygen atoms in total. The van der Waals surface area contributed by atoms with E-state index in [0.717, 1.165) is 16.3 Å². The van der Waals surface area contributed by atoms with Gasteiger partial charge in [-0.2, -0.15) is 4.98 Å². The van der Waals surface area contributed by atoms with Gasteiger partial charge in [0.2, 0.25) is 12.4 Å². The third-order valence-electron chi connectivity index (χ3n) is 7.02. The van der Waals surface area contributed by atoms with E-state index in [2.05, 4.69) is 39.1 Å². The summed E-state index contributed by atoms with van der Waals surface area (Å²) in [4.78, 5) is 21.5. The third-order valence-corrected chi connectivity index (χ3v) is 7.02. The summed E-state index contributed by atoms with van der Waals surface area (Å²) >= 11 is 0. The summed E-state index contributed by atoms with van der Waals surface area (Å²) < 4.78 is 40.7. The van der Waals surface area contributed by atoms with Crippen molar-refractivity contribution in [3.8, 4) is 0 Å². The topological polar surface area (TPSA) is 90.3 Å². The standard InChI is InChI=1S/C25H30F3N7O/c1-14(2)17-9-31-23(35-11-15(12-35)22(26)27)18-10-30-21(8-16(17)18)32-20-4-6-29-24(33-20)34-7-5-19(36)25(3,28)13-34/h4,6,8-10,14-15,19,22,36H,5,7,11-13H2,1-3H3,(H,29,30,32,33)/t19-,25+/m1/s1. The van der Waals surface area contributed by atoms with Crippen molar-refractivity contribution in [2.24, 2.45) is 5.92 Å². The van der Waals surface area contributed by atoms with E-state index < -0.39 is 24.1 Å². The van der Waals surface area contributed by atoms with Crippen LogP contribution >= 0.6 is 0 Å². The number of fused-ring (bicyclic) bond motifs is 1. The minimum Gasteiger partial charge on any atom is -0.390 e. The molecule has 2 saturated heterocycles. The van der Waals surface area contributed by atoms with Crippen LogP contribution in [0, 0.1) is 5.92 Å². The molecule has 2 atom stereocenters. The van der Waals surface area contributed by atoms with Gasteiger partial charge in [-0.05, 0) is 42.3 Å². The van der Waals surface area contributed by atoms with Crippen molar-refractivity contribution in [3.63, 3.8) is 0 Å². The molecule has 0 aromatic carbocycles. The van der Waals surface area contributed by atoms with Crippen LogP contribution in [0.2, 0.25) is 0 Å². The Morgan fingerprint density at radius 1 is 1.08 bits per heavy atom. The predicted molar refractivity (Wildman–Crippen MR) is 133 cm³/mol. The average molecular weight is 502 g/mol. The molecule has 3 aromatic heterocycles. The fourth-order valence-electron chi connectivity index (χ4n) is 4.78. The lowest BCUT2D eigenvalue weighted by Gasteiger charge is -2.40. The Bertz CT molecular complexity index is 1250. The van der Waals surface area contributed by atoms with Gasteiger partial charge in [0.25, 0.3) is 0 Å². The SMILES string of the molecule is CC(C)c1cnc(N2CC(C(F)F)C2)c2cnc(Nc3ccnc(N4CC[C@@H](O)[C@@](C)(F)C4)n3)cc12. The lowest BCUT2D eigenvalue weighted by molar-refractivity contribution is -0.00860. The second-order valence-corrected chi connectivity index (χ2v) is 10.2. The fourth-order valence-corrected chi connectivity index (χ4v) is 4.78. The van der Waals surface area contributed by atoms with Gasteiger partial charge in [-0.1, -0.05) is 13.8 Å². The number of halogens is 3. The second-order valence-electron chi connectivity index (χ2n) is 10.2. The molecule has 0 bridgehead atoms. The molecule has 2 aliphatic heterocycles. The molecule has 11 heteroatoms. The van der Waals surface area contributed by atoms with Crippen molar-refractivity contribution >= 4 is 34.2 Å². The second kappa shape index (κ2) is 9.34. The summed E-state index contributed by atoms with van der Waals surface area (Å²) in [6.07, 6.45) is 2.07. The van der Waals surface area contributed by atoms with Crippen molar-refractivity contribution in [2.45, 2.75) is 51.3 Å². The molecule has 192 valence electrons. The lowest BCUT2D eigenvalue weighted by atomic mass is 9.94. The first kappa shape index (κ1) is 24.5. The summed E-state index contributed by atoms with van der Waals surface area (Å²) in [6, 6.07) is 3.62. The number of piperidine rings is 1.